The van der Waals surface area contributed by atoms with Crippen molar-refractivity contribution in [2.45, 2.75) is 19.8 Å². The maximum atomic E-state index is 5.42. The van der Waals surface area contributed by atoms with Gasteiger partial charge in [0.05, 0.1) is 25.2 Å². The second-order valence-corrected chi connectivity index (χ2v) is 5.48. The molecule has 6 heteroatoms. The van der Waals surface area contributed by atoms with Crippen LogP contribution in [0.3, 0.4) is 0 Å². The van der Waals surface area contributed by atoms with Crippen LogP contribution >= 0.6 is 0 Å². The van der Waals surface area contributed by atoms with Gasteiger partial charge < -0.3 is 9.64 Å². The molecule has 0 aromatic carbocycles. The lowest BCUT2D eigenvalue weighted by Gasteiger charge is -2.17. The summed E-state index contributed by atoms with van der Waals surface area (Å²) in [6.45, 7) is 4.60. The van der Waals surface area contributed by atoms with Crippen LogP contribution in [0.5, 0.6) is 5.88 Å². The van der Waals surface area contributed by atoms with E-state index in [2.05, 4.69) is 26.2 Å². The molecule has 1 fully saturated rings. The molecule has 21 heavy (non-hydrogen) atoms. The average molecular weight is 287 g/mol. The van der Waals surface area contributed by atoms with Gasteiger partial charge in [-0.3, -0.25) is 9.67 Å². The molecule has 1 saturated heterocycles. The van der Waals surface area contributed by atoms with E-state index < -0.39 is 0 Å². The van der Waals surface area contributed by atoms with Crippen molar-refractivity contribution in [3.05, 3.63) is 30.4 Å². The van der Waals surface area contributed by atoms with Gasteiger partial charge in [0.2, 0.25) is 5.88 Å². The van der Waals surface area contributed by atoms with Gasteiger partial charge in [-0.25, -0.2) is 0 Å². The van der Waals surface area contributed by atoms with E-state index in [1.165, 1.54) is 12.0 Å². The summed E-state index contributed by atoms with van der Waals surface area (Å²) in [5.41, 5.74) is 1.30. The highest BCUT2D eigenvalue weighted by Gasteiger charge is 2.24. The van der Waals surface area contributed by atoms with E-state index in [9.17, 15) is 0 Å². The molecule has 0 saturated carbocycles. The molecule has 6 nitrogen and oxygen atoms in total. The first kappa shape index (κ1) is 13.9. The minimum atomic E-state index is 0.603. The van der Waals surface area contributed by atoms with Gasteiger partial charge in [0.1, 0.15) is 0 Å². The Kier molecular flexibility index (Phi) is 4.03. The highest BCUT2D eigenvalue weighted by molar-refractivity contribution is 5.39. The van der Waals surface area contributed by atoms with Crippen LogP contribution in [0.25, 0.3) is 0 Å². The molecule has 0 N–H and O–H groups in total. The van der Waals surface area contributed by atoms with Gasteiger partial charge >= 0.3 is 0 Å². The lowest BCUT2D eigenvalue weighted by molar-refractivity contribution is 0.325. The smallest absolute Gasteiger partial charge is 0.234 e. The van der Waals surface area contributed by atoms with Crippen LogP contribution in [0.2, 0.25) is 0 Å². The molecular formula is C15H21N5O. The fourth-order valence-electron chi connectivity index (χ4n) is 2.83. The van der Waals surface area contributed by atoms with Crippen LogP contribution in [0, 0.1) is 5.92 Å². The molecule has 1 aliphatic heterocycles. The SMILES string of the molecule is CCOc1cncc(N2CC[C@H](Cc3cnn(C)c3)C2)n1. The Labute approximate surface area is 124 Å². The molecule has 2 aromatic heterocycles. The zero-order valence-corrected chi connectivity index (χ0v) is 12.6. The number of hydrogen-bond donors (Lipinski definition) is 0. The molecule has 0 unspecified atom stereocenters. The molecule has 3 heterocycles. The van der Waals surface area contributed by atoms with Crippen molar-refractivity contribution >= 4 is 5.82 Å². The summed E-state index contributed by atoms with van der Waals surface area (Å²) >= 11 is 0. The Morgan fingerprint density at radius 2 is 2.24 bits per heavy atom. The summed E-state index contributed by atoms with van der Waals surface area (Å²) in [6, 6.07) is 0. The summed E-state index contributed by atoms with van der Waals surface area (Å²) in [7, 11) is 1.96. The first-order valence-electron chi connectivity index (χ1n) is 7.42. The van der Waals surface area contributed by atoms with E-state index in [4.69, 9.17) is 4.74 Å². The summed E-state index contributed by atoms with van der Waals surface area (Å²) in [4.78, 5) is 11.0. The quantitative estimate of drug-likeness (QED) is 0.837. The topological polar surface area (TPSA) is 56.1 Å². The molecule has 3 rings (SSSR count). The predicted molar refractivity (Wildman–Crippen MR) is 80.4 cm³/mol. The fraction of sp³-hybridized carbons (Fsp3) is 0.533. The van der Waals surface area contributed by atoms with Crippen LogP contribution in [-0.4, -0.2) is 39.4 Å². The molecule has 1 atom stereocenters. The maximum absolute atomic E-state index is 5.42. The Morgan fingerprint density at radius 1 is 1.33 bits per heavy atom. The third-order valence-electron chi connectivity index (χ3n) is 3.78. The number of aromatic nitrogens is 4. The second-order valence-electron chi connectivity index (χ2n) is 5.48. The van der Waals surface area contributed by atoms with Gasteiger partial charge in [-0.1, -0.05) is 0 Å². The van der Waals surface area contributed by atoms with Gasteiger partial charge in [0.25, 0.3) is 0 Å². The number of aryl methyl sites for hydroxylation is 1. The van der Waals surface area contributed by atoms with Crippen molar-refractivity contribution in [3.63, 3.8) is 0 Å². The van der Waals surface area contributed by atoms with Crippen LogP contribution in [0.4, 0.5) is 5.82 Å². The fourth-order valence-corrected chi connectivity index (χ4v) is 2.83. The molecule has 0 spiro atoms. The van der Waals surface area contributed by atoms with Gasteiger partial charge in [0, 0.05) is 26.3 Å². The number of ether oxygens (including phenoxy) is 1. The van der Waals surface area contributed by atoms with Crippen molar-refractivity contribution in [2.75, 3.05) is 24.6 Å². The zero-order valence-electron chi connectivity index (χ0n) is 12.6. The first-order chi connectivity index (χ1) is 10.2. The normalized spacial score (nSPS) is 18.2. The van der Waals surface area contributed by atoms with E-state index in [0.717, 1.165) is 25.3 Å². The summed E-state index contributed by atoms with van der Waals surface area (Å²) in [5.74, 6) is 2.16. The Balaban J connectivity index is 1.62. The minimum absolute atomic E-state index is 0.603. The van der Waals surface area contributed by atoms with Crippen LogP contribution < -0.4 is 9.64 Å². The van der Waals surface area contributed by atoms with Gasteiger partial charge in [-0.15, -0.1) is 0 Å². The molecule has 1 aliphatic rings. The van der Waals surface area contributed by atoms with E-state index in [1.54, 1.807) is 6.20 Å². The maximum Gasteiger partial charge on any atom is 0.234 e. The molecule has 0 radical (unpaired) electrons. The minimum Gasteiger partial charge on any atom is -0.477 e. The van der Waals surface area contributed by atoms with Crippen molar-refractivity contribution in [1.29, 1.82) is 0 Å². The summed E-state index contributed by atoms with van der Waals surface area (Å²) in [6.07, 6.45) is 9.78. The lowest BCUT2D eigenvalue weighted by Crippen LogP contribution is -2.21. The van der Waals surface area contributed by atoms with Crippen molar-refractivity contribution < 1.29 is 4.74 Å². The molecule has 0 amide bonds. The third-order valence-corrected chi connectivity index (χ3v) is 3.78. The first-order valence-corrected chi connectivity index (χ1v) is 7.42. The van der Waals surface area contributed by atoms with E-state index >= 15 is 0 Å². The predicted octanol–water partition coefficient (Wildman–Crippen LogP) is 1.68. The number of hydrogen-bond acceptors (Lipinski definition) is 5. The van der Waals surface area contributed by atoms with Crippen LogP contribution in [0.1, 0.15) is 18.9 Å². The number of rotatable bonds is 5. The lowest BCUT2D eigenvalue weighted by atomic mass is 10.0. The zero-order chi connectivity index (χ0) is 14.7. The van der Waals surface area contributed by atoms with Crippen molar-refractivity contribution in [3.8, 4) is 5.88 Å². The highest BCUT2D eigenvalue weighted by Crippen LogP contribution is 2.25. The summed E-state index contributed by atoms with van der Waals surface area (Å²) < 4.78 is 7.28. The number of nitrogens with zero attached hydrogens (tertiary/aromatic N) is 5. The standard InChI is InChI=1S/C15H21N5O/c1-3-21-15-9-16-8-14(18-15)20-5-4-12(11-20)6-13-7-17-19(2)10-13/h7-10,12H,3-6,11H2,1-2H3/t12-/m1/s1. The van der Waals surface area contributed by atoms with Crippen LogP contribution in [-0.2, 0) is 13.5 Å². The Bertz CT molecular complexity index is 597. The molecule has 0 aliphatic carbocycles. The third kappa shape index (κ3) is 3.32. The van der Waals surface area contributed by atoms with Gasteiger partial charge in [-0.05, 0) is 31.2 Å². The van der Waals surface area contributed by atoms with Crippen molar-refractivity contribution in [1.82, 2.24) is 19.7 Å². The van der Waals surface area contributed by atoms with E-state index in [0.29, 0.717) is 18.4 Å². The highest BCUT2D eigenvalue weighted by atomic mass is 16.5. The molecular weight excluding hydrogens is 266 g/mol. The largest absolute Gasteiger partial charge is 0.477 e. The number of anilines is 1. The monoisotopic (exact) mass is 287 g/mol. The van der Waals surface area contributed by atoms with Gasteiger partial charge in [-0.2, -0.15) is 10.1 Å². The molecule has 2 aromatic rings. The van der Waals surface area contributed by atoms with Gasteiger partial charge in [0.15, 0.2) is 5.82 Å². The van der Waals surface area contributed by atoms with E-state index in [-0.39, 0.29) is 0 Å². The Hall–Kier alpha value is -2.11. The second kappa shape index (κ2) is 6.11. The molecule has 0 bridgehead atoms. The average Bonchev–Trinajstić information content (AvgIpc) is 3.10. The van der Waals surface area contributed by atoms with E-state index in [1.807, 2.05) is 31.0 Å². The Morgan fingerprint density at radius 3 is 3.00 bits per heavy atom. The van der Waals surface area contributed by atoms with Crippen LogP contribution in [0.15, 0.2) is 24.8 Å². The summed E-state index contributed by atoms with van der Waals surface area (Å²) in [5, 5.41) is 4.23. The molecule has 112 valence electrons. The van der Waals surface area contributed by atoms with Crippen molar-refractivity contribution in [2.24, 2.45) is 13.0 Å².